The second-order valence-electron chi connectivity index (χ2n) is 10.2. The molecule has 1 N–H and O–H groups in total. The SMILES string of the molecule is Cn1cnc2oc(-c3ccc(C4(NC(=O)OC(C)(C)C)CCC4)cc3)c(-c3ccccc3)c2c1=O. The van der Waals surface area contributed by atoms with Gasteiger partial charge in [0, 0.05) is 18.2 Å². The number of nitrogens with zero attached hydrogens (tertiary/aromatic N) is 2. The number of amides is 1. The summed E-state index contributed by atoms with van der Waals surface area (Å²) >= 11 is 0. The van der Waals surface area contributed by atoms with E-state index in [0.717, 1.165) is 41.5 Å². The molecule has 0 aliphatic heterocycles. The molecule has 5 rings (SSSR count). The number of benzene rings is 2. The van der Waals surface area contributed by atoms with Crippen LogP contribution in [0.3, 0.4) is 0 Å². The number of carbonyl (C=O) groups excluding carboxylic acids is 1. The zero-order valence-electron chi connectivity index (χ0n) is 20.4. The number of hydrogen-bond acceptors (Lipinski definition) is 5. The van der Waals surface area contributed by atoms with Gasteiger partial charge in [0.25, 0.3) is 5.56 Å². The van der Waals surface area contributed by atoms with Gasteiger partial charge in [0.15, 0.2) is 0 Å². The van der Waals surface area contributed by atoms with Crippen molar-refractivity contribution in [3.05, 3.63) is 76.8 Å². The Kier molecular flexibility index (Phi) is 5.50. The molecule has 0 unspecified atom stereocenters. The van der Waals surface area contributed by atoms with Crippen LogP contribution in [0.2, 0.25) is 0 Å². The standard InChI is InChI=1S/C28H29N3O4/c1-27(2,3)35-26(33)30-28(15-8-16-28)20-13-11-19(12-14-20)23-21(18-9-6-5-7-10-18)22-24(34-23)29-17-31(4)25(22)32/h5-7,9-14,17H,8,15-16H2,1-4H3,(H,30,33). The van der Waals surface area contributed by atoms with Crippen LogP contribution in [0, 0.1) is 0 Å². The number of aromatic nitrogens is 2. The third kappa shape index (κ3) is 4.22. The molecule has 7 nitrogen and oxygen atoms in total. The van der Waals surface area contributed by atoms with E-state index in [-0.39, 0.29) is 5.56 Å². The number of fused-ring (bicyclic) bond motifs is 1. The van der Waals surface area contributed by atoms with Gasteiger partial charge in [0.1, 0.15) is 23.1 Å². The molecule has 2 aromatic carbocycles. The van der Waals surface area contributed by atoms with E-state index in [1.165, 1.54) is 10.9 Å². The van der Waals surface area contributed by atoms with Crippen LogP contribution in [0.4, 0.5) is 4.79 Å². The molecule has 2 heterocycles. The van der Waals surface area contributed by atoms with Crippen molar-refractivity contribution in [1.29, 1.82) is 0 Å². The monoisotopic (exact) mass is 471 g/mol. The fourth-order valence-electron chi connectivity index (χ4n) is 4.62. The third-order valence-electron chi connectivity index (χ3n) is 6.48. The predicted octanol–water partition coefficient (Wildman–Crippen LogP) is 5.76. The zero-order valence-corrected chi connectivity index (χ0v) is 20.4. The molecule has 2 aromatic heterocycles. The lowest BCUT2D eigenvalue weighted by Gasteiger charge is -2.43. The molecule has 1 fully saturated rings. The van der Waals surface area contributed by atoms with Crippen LogP contribution in [0.1, 0.15) is 45.6 Å². The molecule has 180 valence electrons. The Labute approximate surface area is 203 Å². The average molecular weight is 472 g/mol. The van der Waals surface area contributed by atoms with Gasteiger partial charge in [-0.3, -0.25) is 4.79 Å². The largest absolute Gasteiger partial charge is 0.444 e. The summed E-state index contributed by atoms with van der Waals surface area (Å²) in [5, 5.41) is 3.56. The van der Waals surface area contributed by atoms with Crippen LogP contribution < -0.4 is 10.9 Å². The minimum Gasteiger partial charge on any atom is -0.444 e. The number of rotatable bonds is 4. The molecular formula is C28H29N3O4. The fraction of sp³-hybridized carbons (Fsp3) is 0.321. The number of carbonyl (C=O) groups is 1. The van der Waals surface area contributed by atoms with E-state index >= 15 is 0 Å². The molecule has 1 amide bonds. The molecule has 0 spiro atoms. The summed E-state index contributed by atoms with van der Waals surface area (Å²) in [6.07, 6.45) is 3.80. The van der Waals surface area contributed by atoms with Gasteiger partial charge in [-0.25, -0.2) is 9.78 Å². The topological polar surface area (TPSA) is 86.4 Å². The molecule has 0 radical (unpaired) electrons. The van der Waals surface area contributed by atoms with Crippen molar-refractivity contribution in [3.8, 4) is 22.5 Å². The van der Waals surface area contributed by atoms with Crippen molar-refractivity contribution in [3.63, 3.8) is 0 Å². The smallest absolute Gasteiger partial charge is 0.408 e. The van der Waals surface area contributed by atoms with Gasteiger partial charge in [0.2, 0.25) is 5.71 Å². The van der Waals surface area contributed by atoms with E-state index in [9.17, 15) is 9.59 Å². The number of aryl methyl sites for hydroxylation is 1. The summed E-state index contributed by atoms with van der Waals surface area (Å²) in [6.45, 7) is 5.57. The summed E-state index contributed by atoms with van der Waals surface area (Å²) in [5.41, 5.74) is 2.63. The van der Waals surface area contributed by atoms with E-state index < -0.39 is 17.2 Å². The van der Waals surface area contributed by atoms with E-state index in [1.54, 1.807) is 7.05 Å². The van der Waals surface area contributed by atoms with Crippen LogP contribution in [0.25, 0.3) is 33.6 Å². The van der Waals surface area contributed by atoms with Gasteiger partial charge in [0.05, 0.1) is 5.54 Å². The highest BCUT2D eigenvalue weighted by molar-refractivity contribution is 5.99. The maximum Gasteiger partial charge on any atom is 0.408 e. The molecule has 4 aromatic rings. The molecule has 7 heteroatoms. The van der Waals surface area contributed by atoms with Crippen LogP contribution in [-0.4, -0.2) is 21.2 Å². The zero-order chi connectivity index (χ0) is 24.8. The Hall–Kier alpha value is -3.87. The highest BCUT2D eigenvalue weighted by atomic mass is 16.6. The first kappa shape index (κ1) is 22.9. The molecular weight excluding hydrogens is 442 g/mol. The van der Waals surface area contributed by atoms with Gasteiger partial charge >= 0.3 is 6.09 Å². The summed E-state index contributed by atoms with van der Waals surface area (Å²) in [4.78, 5) is 29.9. The Balaban J connectivity index is 1.55. The van der Waals surface area contributed by atoms with Crippen LogP contribution in [-0.2, 0) is 17.3 Å². The lowest BCUT2D eigenvalue weighted by Crippen LogP contribution is -2.52. The molecule has 1 aliphatic carbocycles. The first-order chi connectivity index (χ1) is 16.7. The van der Waals surface area contributed by atoms with Gasteiger partial charge in [-0.2, -0.15) is 0 Å². The lowest BCUT2D eigenvalue weighted by molar-refractivity contribution is 0.0377. The molecule has 0 saturated heterocycles. The quantitative estimate of drug-likeness (QED) is 0.409. The average Bonchev–Trinajstić information content (AvgIpc) is 3.19. The molecule has 1 saturated carbocycles. The van der Waals surface area contributed by atoms with Gasteiger partial charge in [-0.05, 0) is 51.2 Å². The summed E-state index contributed by atoms with van der Waals surface area (Å²) in [6, 6.07) is 17.7. The van der Waals surface area contributed by atoms with Crippen molar-refractivity contribution in [2.24, 2.45) is 7.05 Å². The number of ether oxygens (including phenoxy) is 1. The van der Waals surface area contributed by atoms with Crippen LogP contribution in [0.15, 0.2) is 70.1 Å². The highest BCUT2D eigenvalue weighted by Gasteiger charge is 2.41. The van der Waals surface area contributed by atoms with E-state index in [4.69, 9.17) is 9.15 Å². The molecule has 35 heavy (non-hydrogen) atoms. The van der Waals surface area contributed by atoms with Crippen LogP contribution >= 0.6 is 0 Å². The number of nitrogens with one attached hydrogen (secondary N) is 1. The molecule has 0 bridgehead atoms. The Morgan fingerprint density at radius 1 is 1.06 bits per heavy atom. The minimum absolute atomic E-state index is 0.157. The van der Waals surface area contributed by atoms with Crippen LogP contribution in [0.5, 0.6) is 0 Å². The van der Waals surface area contributed by atoms with Crippen molar-refractivity contribution >= 4 is 17.2 Å². The first-order valence-electron chi connectivity index (χ1n) is 11.8. The van der Waals surface area contributed by atoms with Gasteiger partial charge < -0.3 is 19.0 Å². The third-order valence-corrected chi connectivity index (χ3v) is 6.48. The van der Waals surface area contributed by atoms with Crippen molar-refractivity contribution < 1.29 is 13.9 Å². The summed E-state index contributed by atoms with van der Waals surface area (Å²) < 4.78 is 13.1. The van der Waals surface area contributed by atoms with Gasteiger partial charge in [-0.1, -0.05) is 54.6 Å². The first-order valence-corrected chi connectivity index (χ1v) is 11.8. The maximum atomic E-state index is 13.0. The van der Waals surface area contributed by atoms with E-state index in [0.29, 0.717) is 16.9 Å². The van der Waals surface area contributed by atoms with E-state index in [2.05, 4.69) is 10.3 Å². The summed E-state index contributed by atoms with van der Waals surface area (Å²) in [5.74, 6) is 0.594. The van der Waals surface area contributed by atoms with Crippen molar-refractivity contribution in [2.45, 2.75) is 51.2 Å². The number of hydrogen-bond donors (Lipinski definition) is 1. The normalized spacial score (nSPS) is 15.0. The van der Waals surface area contributed by atoms with Gasteiger partial charge in [-0.15, -0.1) is 0 Å². The second kappa shape index (κ2) is 8.41. The van der Waals surface area contributed by atoms with Crippen molar-refractivity contribution in [2.75, 3.05) is 0 Å². The number of furan rings is 1. The molecule has 1 aliphatic rings. The fourth-order valence-corrected chi connectivity index (χ4v) is 4.62. The van der Waals surface area contributed by atoms with E-state index in [1.807, 2.05) is 75.4 Å². The molecule has 0 atom stereocenters. The Morgan fingerprint density at radius 3 is 2.34 bits per heavy atom. The maximum absolute atomic E-state index is 13.0. The van der Waals surface area contributed by atoms with Crippen molar-refractivity contribution in [1.82, 2.24) is 14.9 Å². The minimum atomic E-state index is -0.556. The predicted molar refractivity (Wildman–Crippen MR) is 135 cm³/mol. The number of alkyl carbamates (subject to hydrolysis) is 1. The second-order valence-corrected chi connectivity index (χ2v) is 10.2. The highest BCUT2D eigenvalue weighted by Crippen LogP contribution is 2.43. The lowest BCUT2D eigenvalue weighted by atomic mass is 9.71. The summed E-state index contributed by atoms with van der Waals surface area (Å²) in [7, 11) is 1.68. The Bertz CT molecular complexity index is 1440. The Morgan fingerprint density at radius 2 is 1.74 bits per heavy atom.